The molecule has 1 aromatic carbocycles. The Morgan fingerprint density at radius 1 is 1.43 bits per heavy atom. The third-order valence-corrected chi connectivity index (χ3v) is 2.89. The molecule has 0 fully saturated rings. The predicted octanol–water partition coefficient (Wildman–Crippen LogP) is 2.69. The van der Waals surface area contributed by atoms with E-state index >= 15 is 0 Å². The molecule has 1 aromatic rings. The molecular formula is C12H13NO. The molecule has 72 valence electrons. The Labute approximate surface area is 84.1 Å². The van der Waals surface area contributed by atoms with Gasteiger partial charge in [-0.2, -0.15) is 5.26 Å². The summed E-state index contributed by atoms with van der Waals surface area (Å²) in [6.07, 6.45) is 0.812. The van der Waals surface area contributed by atoms with Gasteiger partial charge >= 0.3 is 0 Å². The first-order chi connectivity index (χ1) is 6.74. The van der Waals surface area contributed by atoms with Crippen LogP contribution in [-0.2, 0) is 0 Å². The van der Waals surface area contributed by atoms with Crippen LogP contribution >= 0.6 is 0 Å². The Morgan fingerprint density at radius 3 is 2.93 bits per heavy atom. The van der Waals surface area contributed by atoms with Crippen molar-refractivity contribution in [1.29, 1.82) is 5.26 Å². The van der Waals surface area contributed by atoms with Crippen LogP contribution in [0, 0.1) is 25.2 Å². The van der Waals surface area contributed by atoms with E-state index in [-0.39, 0.29) is 5.92 Å². The normalized spacial score (nSPS) is 19.4. The fraction of sp³-hybridized carbons (Fsp3) is 0.417. The molecule has 0 bridgehead atoms. The number of benzene rings is 1. The second-order valence-electron chi connectivity index (χ2n) is 3.74. The van der Waals surface area contributed by atoms with Crippen LogP contribution < -0.4 is 4.74 Å². The molecule has 0 radical (unpaired) electrons. The van der Waals surface area contributed by atoms with Gasteiger partial charge in [0.05, 0.1) is 18.6 Å². The molecule has 0 amide bonds. The van der Waals surface area contributed by atoms with Crippen LogP contribution in [0.15, 0.2) is 12.1 Å². The van der Waals surface area contributed by atoms with Crippen molar-refractivity contribution in [3.8, 4) is 11.8 Å². The second-order valence-corrected chi connectivity index (χ2v) is 3.74. The van der Waals surface area contributed by atoms with E-state index in [1.165, 1.54) is 11.1 Å². The molecule has 2 nitrogen and oxygen atoms in total. The SMILES string of the molecule is Cc1ccc2c(c1C)OCCC2C#N. The van der Waals surface area contributed by atoms with Crippen molar-refractivity contribution < 1.29 is 4.74 Å². The zero-order valence-corrected chi connectivity index (χ0v) is 8.50. The number of hydrogen-bond donors (Lipinski definition) is 0. The van der Waals surface area contributed by atoms with E-state index in [1.807, 2.05) is 13.0 Å². The number of nitrogens with zero attached hydrogens (tertiary/aromatic N) is 1. The molecule has 1 unspecified atom stereocenters. The summed E-state index contributed by atoms with van der Waals surface area (Å²) in [5.74, 6) is 0.945. The maximum Gasteiger partial charge on any atom is 0.126 e. The van der Waals surface area contributed by atoms with Gasteiger partial charge in [0.15, 0.2) is 0 Å². The van der Waals surface area contributed by atoms with E-state index in [4.69, 9.17) is 10.00 Å². The lowest BCUT2D eigenvalue weighted by Gasteiger charge is -2.23. The number of fused-ring (bicyclic) bond motifs is 1. The van der Waals surface area contributed by atoms with Crippen LogP contribution in [0.3, 0.4) is 0 Å². The molecule has 14 heavy (non-hydrogen) atoms. The Hall–Kier alpha value is -1.49. The van der Waals surface area contributed by atoms with Gasteiger partial charge in [-0.15, -0.1) is 0 Å². The summed E-state index contributed by atoms with van der Waals surface area (Å²) in [7, 11) is 0. The smallest absolute Gasteiger partial charge is 0.126 e. The summed E-state index contributed by atoms with van der Waals surface area (Å²) in [4.78, 5) is 0. The Balaban J connectivity index is 2.57. The minimum absolute atomic E-state index is 0.0121. The van der Waals surface area contributed by atoms with Crippen LogP contribution in [0.5, 0.6) is 5.75 Å². The first kappa shape index (κ1) is 9.08. The first-order valence-electron chi connectivity index (χ1n) is 4.86. The van der Waals surface area contributed by atoms with Crippen molar-refractivity contribution in [3.05, 3.63) is 28.8 Å². The molecule has 1 heterocycles. The van der Waals surface area contributed by atoms with Gasteiger partial charge in [-0.25, -0.2) is 0 Å². The predicted molar refractivity (Wildman–Crippen MR) is 54.4 cm³/mol. The van der Waals surface area contributed by atoms with Crippen LogP contribution in [0.1, 0.15) is 29.0 Å². The Kier molecular flexibility index (Phi) is 2.17. The maximum absolute atomic E-state index is 8.99. The lowest BCUT2D eigenvalue weighted by atomic mass is 9.91. The summed E-state index contributed by atoms with van der Waals surface area (Å²) in [5, 5.41) is 8.99. The molecule has 1 aliphatic heterocycles. The average molecular weight is 187 g/mol. The third-order valence-electron chi connectivity index (χ3n) is 2.89. The maximum atomic E-state index is 8.99. The lowest BCUT2D eigenvalue weighted by molar-refractivity contribution is 0.278. The fourth-order valence-electron chi connectivity index (χ4n) is 1.85. The average Bonchev–Trinajstić information content (AvgIpc) is 2.23. The van der Waals surface area contributed by atoms with E-state index in [0.717, 1.165) is 17.7 Å². The Morgan fingerprint density at radius 2 is 2.21 bits per heavy atom. The molecule has 0 saturated carbocycles. The highest BCUT2D eigenvalue weighted by Gasteiger charge is 2.22. The van der Waals surface area contributed by atoms with Crippen LogP contribution in [0.2, 0.25) is 0 Å². The number of aryl methyl sites for hydroxylation is 1. The molecular weight excluding hydrogens is 174 g/mol. The summed E-state index contributed by atoms with van der Waals surface area (Å²) < 4.78 is 5.62. The molecule has 2 rings (SSSR count). The van der Waals surface area contributed by atoms with Gasteiger partial charge in [-0.3, -0.25) is 0 Å². The number of rotatable bonds is 0. The molecule has 2 heteroatoms. The van der Waals surface area contributed by atoms with Crippen LogP contribution in [0.25, 0.3) is 0 Å². The van der Waals surface area contributed by atoms with Crippen molar-refractivity contribution in [1.82, 2.24) is 0 Å². The molecule has 0 aliphatic carbocycles. The highest BCUT2D eigenvalue weighted by atomic mass is 16.5. The number of hydrogen-bond acceptors (Lipinski definition) is 2. The van der Waals surface area contributed by atoms with Gasteiger partial charge in [-0.1, -0.05) is 12.1 Å². The van der Waals surface area contributed by atoms with Gasteiger partial charge in [0.25, 0.3) is 0 Å². The summed E-state index contributed by atoms with van der Waals surface area (Å²) in [6, 6.07) is 6.41. The molecule has 0 aromatic heterocycles. The molecule has 0 N–H and O–H groups in total. The topological polar surface area (TPSA) is 33.0 Å². The van der Waals surface area contributed by atoms with Gasteiger partial charge in [-0.05, 0) is 25.0 Å². The van der Waals surface area contributed by atoms with E-state index in [9.17, 15) is 0 Å². The van der Waals surface area contributed by atoms with Crippen molar-refractivity contribution in [2.24, 2.45) is 0 Å². The van der Waals surface area contributed by atoms with Crippen molar-refractivity contribution >= 4 is 0 Å². The van der Waals surface area contributed by atoms with E-state index in [0.29, 0.717) is 6.61 Å². The number of ether oxygens (including phenoxy) is 1. The minimum atomic E-state index is 0.0121. The summed E-state index contributed by atoms with van der Waals surface area (Å²) >= 11 is 0. The van der Waals surface area contributed by atoms with E-state index < -0.39 is 0 Å². The second kappa shape index (κ2) is 3.34. The monoisotopic (exact) mass is 187 g/mol. The van der Waals surface area contributed by atoms with Gasteiger partial charge in [0.1, 0.15) is 5.75 Å². The van der Waals surface area contributed by atoms with Crippen molar-refractivity contribution in [2.45, 2.75) is 26.2 Å². The van der Waals surface area contributed by atoms with Gasteiger partial charge in [0, 0.05) is 12.0 Å². The van der Waals surface area contributed by atoms with Crippen LogP contribution in [0.4, 0.5) is 0 Å². The zero-order valence-electron chi connectivity index (χ0n) is 8.50. The molecule has 0 saturated heterocycles. The molecule has 0 spiro atoms. The first-order valence-corrected chi connectivity index (χ1v) is 4.86. The highest BCUT2D eigenvalue weighted by molar-refractivity contribution is 5.49. The number of nitriles is 1. The van der Waals surface area contributed by atoms with Crippen LogP contribution in [-0.4, -0.2) is 6.61 Å². The van der Waals surface area contributed by atoms with E-state index in [1.54, 1.807) is 0 Å². The lowest BCUT2D eigenvalue weighted by Crippen LogP contribution is -2.14. The highest BCUT2D eigenvalue weighted by Crippen LogP contribution is 2.36. The zero-order chi connectivity index (χ0) is 10.1. The summed E-state index contributed by atoms with van der Waals surface area (Å²) in [5.41, 5.74) is 3.45. The standard InChI is InChI=1S/C12H13NO/c1-8-3-4-11-10(7-13)5-6-14-12(11)9(8)2/h3-4,10H,5-6H2,1-2H3. The van der Waals surface area contributed by atoms with Gasteiger partial charge in [0.2, 0.25) is 0 Å². The quantitative estimate of drug-likeness (QED) is 0.625. The van der Waals surface area contributed by atoms with Gasteiger partial charge < -0.3 is 4.74 Å². The molecule has 1 aliphatic rings. The Bertz CT molecular complexity index is 404. The third kappa shape index (κ3) is 1.26. The largest absolute Gasteiger partial charge is 0.493 e. The minimum Gasteiger partial charge on any atom is -0.493 e. The molecule has 1 atom stereocenters. The fourth-order valence-corrected chi connectivity index (χ4v) is 1.85. The summed E-state index contributed by atoms with van der Waals surface area (Å²) in [6.45, 7) is 4.78. The van der Waals surface area contributed by atoms with Crippen molar-refractivity contribution in [2.75, 3.05) is 6.61 Å². The van der Waals surface area contributed by atoms with Crippen molar-refractivity contribution in [3.63, 3.8) is 0 Å². The van der Waals surface area contributed by atoms with E-state index in [2.05, 4.69) is 19.1 Å².